The minimum atomic E-state index is -1.40. The first kappa shape index (κ1) is 20.2. The summed E-state index contributed by atoms with van der Waals surface area (Å²) >= 11 is 0. The van der Waals surface area contributed by atoms with E-state index in [1.54, 1.807) is 24.3 Å². The standard InChI is InChI=1S/C7H7NO2S.2C2H6.H2O/c9-6-8-11(10)7-4-2-1-3-5-7;2*1-2;/h1-6H,(H,8,9);2*1-2H3;1H2. The normalized spacial score (nSPS) is 9.00. The molecule has 0 aliphatic carbocycles. The third-order valence-corrected chi connectivity index (χ3v) is 2.12. The van der Waals surface area contributed by atoms with Crippen LogP contribution >= 0.6 is 0 Å². The first-order chi connectivity index (χ1) is 7.34. The summed E-state index contributed by atoms with van der Waals surface area (Å²) in [6.45, 7) is 8.00. The number of nitrogens with one attached hydrogen (secondary N) is 1. The Morgan fingerprint density at radius 3 is 1.88 bits per heavy atom. The first-order valence-corrected chi connectivity index (χ1v) is 6.16. The van der Waals surface area contributed by atoms with Gasteiger partial charge < -0.3 is 5.48 Å². The number of hydrogen-bond acceptors (Lipinski definition) is 2. The smallest absolute Gasteiger partial charge is 0.219 e. The molecule has 3 N–H and O–H groups in total. The molecular weight excluding hydrogens is 226 g/mol. The van der Waals surface area contributed by atoms with E-state index < -0.39 is 11.0 Å². The Morgan fingerprint density at radius 2 is 1.50 bits per heavy atom. The molecule has 0 saturated carbocycles. The Morgan fingerprint density at radius 1 is 1.06 bits per heavy atom. The van der Waals surface area contributed by atoms with Gasteiger partial charge in [-0.15, -0.1) is 0 Å². The van der Waals surface area contributed by atoms with Crippen molar-refractivity contribution < 1.29 is 14.5 Å². The molecule has 0 spiro atoms. The Labute approximate surface area is 100.0 Å². The van der Waals surface area contributed by atoms with Gasteiger partial charge in [0.15, 0.2) is 11.0 Å². The summed E-state index contributed by atoms with van der Waals surface area (Å²) in [5, 5.41) is 0. The zero-order chi connectivity index (χ0) is 12.1. The van der Waals surface area contributed by atoms with Crippen LogP contribution in [-0.2, 0) is 15.8 Å². The van der Waals surface area contributed by atoms with Gasteiger partial charge in [-0.05, 0) is 12.1 Å². The average molecular weight is 247 g/mol. The quantitative estimate of drug-likeness (QED) is 0.825. The van der Waals surface area contributed by atoms with Crippen LogP contribution in [0.25, 0.3) is 0 Å². The third kappa shape index (κ3) is 9.36. The zero-order valence-electron chi connectivity index (χ0n) is 10.2. The highest BCUT2D eigenvalue weighted by molar-refractivity contribution is 7.83. The average Bonchev–Trinajstić information content (AvgIpc) is 2.36. The minimum Gasteiger partial charge on any atom is -0.412 e. The van der Waals surface area contributed by atoms with E-state index in [1.807, 2.05) is 33.8 Å². The fourth-order valence-corrected chi connectivity index (χ4v) is 1.28. The molecule has 0 fully saturated rings. The maximum atomic E-state index is 11.0. The number of rotatable bonds is 3. The van der Waals surface area contributed by atoms with Crippen molar-refractivity contribution in [2.45, 2.75) is 32.6 Å². The molecule has 1 atom stereocenters. The predicted octanol–water partition coefficient (Wildman–Crippen LogP) is 1.68. The number of amides is 1. The fraction of sp³-hybridized carbons (Fsp3) is 0.364. The van der Waals surface area contributed by atoms with Gasteiger partial charge in [0.25, 0.3) is 0 Å². The first-order valence-electron chi connectivity index (χ1n) is 5.01. The molecular formula is C11H21NO3S. The molecule has 1 rings (SSSR count). The van der Waals surface area contributed by atoms with Gasteiger partial charge >= 0.3 is 0 Å². The van der Waals surface area contributed by atoms with Gasteiger partial charge in [0.05, 0.1) is 4.90 Å². The number of benzene rings is 1. The van der Waals surface area contributed by atoms with Crippen LogP contribution in [0, 0.1) is 0 Å². The lowest BCUT2D eigenvalue weighted by molar-refractivity contribution is -0.108. The molecule has 0 aromatic heterocycles. The Hall–Kier alpha value is -1.20. The van der Waals surface area contributed by atoms with Crippen molar-refractivity contribution >= 4 is 17.4 Å². The molecule has 4 nitrogen and oxygen atoms in total. The van der Waals surface area contributed by atoms with E-state index in [-0.39, 0.29) is 5.48 Å². The van der Waals surface area contributed by atoms with Crippen LogP contribution in [0.2, 0.25) is 0 Å². The highest BCUT2D eigenvalue weighted by Gasteiger charge is 1.98. The Bertz CT molecular complexity index is 265. The van der Waals surface area contributed by atoms with E-state index in [1.165, 1.54) is 0 Å². The van der Waals surface area contributed by atoms with Crippen LogP contribution in [0.15, 0.2) is 35.2 Å². The van der Waals surface area contributed by atoms with Crippen LogP contribution in [0.1, 0.15) is 27.7 Å². The van der Waals surface area contributed by atoms with Crippen LogP contribution in [-0.4, -0.2) is 16.1 Å². The van der Waals surface area contributed by atoms with E-state index in [4.69, 9.17) is 0 Å². The summed E-state index contributed by atoms with van der Waals surface area (Å²) in [7, 11) is -1.40. The molecule has 1 aromatic rings. The second-order valence-electron chi connectivity index (χ2n) is 1.82. The molecule has 1 amide bonds. The summed E-state index contributed by atoms with van der Waals surface area (Å²) in [6, 6.07) is 8.72. The molecule has 16 heavy (non-hydrogen) atoms. The van der Waals surface area contributed by atoms with Crippen molar-refractivity contribution in [2.24, 2.45) is 0 Å². The zero-order valence-corrected chi connectivity index (χ0v) is 11.0. The number of carbonyl (C=O) groups excluding carboxylic acids is 1. The molecule has 0 bridgehead atoms. The summed E-state index contributed by atoms with van der Waals surface area (Å²) in [4.78, 5) is 10.5. The molecule has 0 radical (unpaired) electrons. The summed E-state index contributed by atoms with van der Waals surface area (Å²) in [5.41, 5.74) is 0. The molecule has 0 aliphatic heterocycles. The maximum Gasteiger partial charge on any atom is 0.219 e. The molecule has 0 heterocycles. The predicted molar refractivity (Wildman–Crippen MR) is 68.4 cm³/mol. The maximum absolute atomic E-state index is 11.0. The van der Waals surface area contributed by atoms with E-state index in [0.29, 0.717) is 11.3 Å². The fourth-order valence-electron chi connectivity index (χ4n) is 0.656. The Kier molecular flexibility index (Phi) is 20.5. The lowest BCUT2D eigenvalue weighted by Gasteiger charge is -1.96. The van der Waals surface area contributed by atoms with Gasteiger partial charge in [-0.3, -0.25) is 9.52 Å². The summed E-state index contributed by atoms with van der Waals surface area (Å²) in [5.74, 6) is 0. The van der Waals surface area contributed by atoms with Crippen molar-refractivity contribution in [1.29, 1.82) is 0 Å². The molecule has 94 valence electrons. The molecule has 1 aromatic carbocycles. The third-order valence-electron chi connectivity index (χ3n) is 1.11. The largest absolute Gasteiger partial charge is 0.412 e. The van der Waals surface area contributed by atoms with Gasteiger partial charge in [-0.25, -0.2) is 4.21 Å². The van der Waals surface area contributed by atoms with Crippen LogP contribution in [0.3, 0.4) is 0 Å². The topological polar surface area (TPSA) is 77.7 Å². The van der Waals surface area contributed by atoms with Gasteiger partial charge in [-0.2, -0.15) is 0 Å². The molecule has 1 unspecified atom stereocenters. The van der Waals surface area contributed by atoms with Crippen LogP contribution < -0.4 is 4.72 Å². The molecule has 0 aliphatic rings. The second kappa shape index (κ2) is 16.2. The molecule has 0 saturated heterocycles. The Balaban J connectivity index is -0.000000305. The van der Waals surface area contributed by atoms with Gasteiger partial charge in [0.2, 0.25) is 6.41 Å². The summed E-state index contributed by atoms with van der Waals surface area (Å²) < 4.78 is 13.2. The van der Waals surface area contributed by atoms with Crippen molar-refractivity contribution in [3.05, 3.63) is 30.3 Å². The minimum absolute atomic E-state index is 0. The molecule has 5 heteroatoms. The van der Waals surface area contributed by atoms with E-state index in [9.17, 15) is 9.00 Å². The van der Waals surface area contributed by atoms with Gasteiger partial charge in [-0.1, -0.05) is 45.9 Å². The van der Waals surface area contributed by atoms with Crippen LogP contribution in [0.5, 0.6) is 0 Å². The highest BCUT2D eigenvalue weighted by Crippen LogP contribution is 2.01. The van der Waals surface area contributed by atoms with E-state index in [2.05, 4.69) is 4.72 Å². The number of carbonyl (C=O) groups is 1. The van der Waals surface area contributed by atoms with E-state index in [0.717, 1.165) is 0 Å². The van der Waals surface area contributed by atoms with Gasteiger partial charge in [0, 0.05) is 0 Å². The lowest BCUT2D eigenvalue weighted by atomic mass is 10.4. The van der Waals surface area contributed by atoms with Crippen molar-refractivity contribution in [3.8, 4) is 0 Å². The lowest BCUT2D eigenvalue weighted by Crippen LogP contribution is -2.14. The van der Waals surface area contributed by atoms with Gasteiger partial charge in [0.1, 0.15) is 0 Å². The summed E-state index contributed by atoms with van der Waals surface area (Å²) in [6.07, 6.45) is 0.420. The highest BCUT2D eigenvalue weighted by atomic mass is 32.2. The van der Waals surface area contributed by atoms with E-state index >= 15 is 0 Å². The van der Waals surface area contributed by atoms with Crippen molar-refractivity contribution in [1.82, 2.24) is 4.72 Å². The van der Waals surface area contributed by atoms with Crippen molar-refractivity contribution in [3.63, 3.8) is 0 Å². The van der Waals surface area contributed by atoms with Crippen LogP contribution in [0.4, 0.5) is 0 Å². The number of hydrogen-bond donors (Lipinski definition) is 1. The second-order valence-corrected chi connectivity index (χ2v) is 3.06. The van der Waals surface area contributed by atoms with Crippen molar-refractivity contribution in [2.75, 3.05) is 0 Å². The monoisotopic (exact) mass is 247 g/mol. The SMILES string of the molecule is CC.CC.O.O=CNS(=O)c1ccccc1.